The first-order valence-corrected chi connectivity index (χ1v) is 9.39. The summed E-state index contributed by atoms with van der Waals surface area (Å²) >= 11 is 0. The van der Waals surface area contributed by atoms with Gasteiger partial charge in [-0.05, 0) is 44.7 Å². The normalized spacial score (nSPS) is 19.0. The average molecular weight is 344 g/mol. The van der Waals surface area contributed by atoms with Crippen LogP contribution in [0.4, 0.5) is 0 Å². The van der Waals surface area contributed by atoms with Crippen LogP contribution in [0, 0.1) is 12.8 Å². The Balaban J connectivity index is 1.39. The standard InChI is InChI=1S/C20H28N2O3/c1-15-6-8-18(9-7-15)25-14-19(23)22-12-10-16(11-13-22)20(24)21-17-4-2-3-5-17/h6-9,16-17H,2-5,10-14H2,1H3,(H,21,24). The van der Waals surface area contributed by atoms with Crippen LogP contribution in [0.1, 0.15) is 44.1 Å². The molecule has 0 aromatic heterocycles. The van der Waals surface area contributed by atoms with Gasteiger partial charge in [-0.25, -0.2) is 0 Å². The monoisotopic (exact) mass is 344 g/mol. The number of rotatable bonds is 5. The van der Waals surface area contributed by atoms with Gasteiger partial charge in [-0.2, -0.15) is 0 Å². The molecular weight excluding hydrogens is 316 g/mol. The van der Waals surface area contributed by atoms with Crippen molar-refractivity contribution in [2.24, 2.45) is 5.92 Å². The second-order valence-electron chi connectivity index (χ2n) is 7.25. The van der Waals surface area contributed by atoms with Crippen molar-refractivity contribution in [3.63, 3.8) is 0 Å². The summed E-state index contributed by atoms with van der Waals surface area (Å²) in [5.74, 6) is 0.928. The summed E-state index contributed by atoms with van der Waals surface area (Å²) in [6, 6.07) is 8.06. The predicted octanol–water partition coefficient (Wildman–Crippen LogP) is 2.67. The summed E-state index contributed by atoms with van der Waals surface area (Å²) in [5, 5.41) is 3.18. The third kappa shape index (κ3) is 4.97. The molecule has 1 N–H and O–H groups in total. The van der Waals surface area contributed by atoms with Gasteiger partial charge in [-0.1, -0.05) is 30.5 Å². The molecular formula is C20H28N2O3. The number of likely N-dealkylation sites (tertiary alicyclic amines) is 1. The molecule has 1 aromatic rings. The maximum atomic E-state index is 12.3. The number of hydrogen-bond donors (Lipinski definition) is 1. The lowest BCUT2D eigenvalue weighted by atomic mass is 9.95. The maximum Gasteiger partial charge on any atom is 0.260 e. The van der Waals surface area contributed by atoms with Gasteiger partial charge in [0.15, 0.2) is 6.61 Å². The molecule has 2 amide bonds. The van der Waals surface area contributed by atoms with E-state index in [1.807, 2.05) is 36.1 Å². The highest BCUT2D eigenvalue weighted by atomic mass is 16.5. The molecule has 1 aromatic carbocycles. The van der Waals surface area contributed by atoms with E-state index in [0.29, 0.717) is 24.9 Å². The minimum Gasteiger partial charge on any atom is -0.484 e. The first-order chi connectivity index (χ1) is 12.1. The summed E-state index contributed by atoms with van der Waals surface area (Å²) in [4.78, 5) is 26.4. The van der Waals surface area contributed by atoms with Crippen LogP contribution in [-0.4, -0.2) is 42.5 Å². The Labute approximate surface area is 149 Å². The highest BCUT2D eigenvalue weighted by Crippen LogP contribution is 2.21. The van der Waals surface area contributed by atoms with Crippen LogP contribution >= 0.6 is 0 Å². The molecule has 1 aliphatic heterocycles. The minimum absolute atomic E-state index is 0.00442. The van der Waals surface area contributed by atoms with Gasteiger partial charge in [-0.15, -0.1) is 0 Å². The van der Waals surface area contributed by atoms with Crippen LogP contribution in [-0.2, 0) is 9.59 Å². The lowest BCUT2D eigenvalue weighted by Crippen LogP contribution is -2.46. The molecule has 2 fully saturated rings. The van der Waals surface area contributed by atoms with E-state index < -0.39 is 0 Å². The third-order valence-corrected chi connectivity index (χ3v) is 5.30. The topological polar surface area (TPSA) is 58.6 Å². The number of piperidine rings is 1. The van der Waals surface area contributed by atoms with E-state index in [4.69, 9.17) is 4.74 Å². The quantitative estimate of drug-likeness (QED) is 0.893. The first kappa shape index (κ1) is 17.8. The molecule has 5 heteroatoms. The first-order valence-electron chi connectivity index (χ1n) is 9.39. The highest BCUT2D eigenvalue weighted by molar-refractivity contribution is 5.80. The van der Waals surface area contributed by atoms with Gasteiger partial charge in [0.1, 0.15) is 5.75 Å². The van der Waals surface area contributed by atoms with Gasteiger partial charge >= 0.3 is 0 Å². The summed E-state index contributed by atoms with van der Waals surface area (Å²) in [7, 11) is 0. The molecule has 3 rings (SSSR count). The van der Waals surface area contributed by atoms with Crippen molar-refractivity contribution in [2.45, 2.75) is 51.5 Å². The molecule has 5 nitrogen and oxygen atoms in total. The molecule has 0 bridgehead atoms. The van der Waals surface area contributed by atoms with Crippen molar-refractivity contribution in [3.8, 4) is 5.75 Å². The van der Waals surface area contributed by atoms with Crippen molar-refractivity contribution in [1.29, 1.82) is 0 Å². The number of amides is 2. The lowest BCUT2D eigenvalue weighted by molar-refractivity contribution is -0.137. The molecule has 0 unspecified atom stereocenters. The second kappa shape index (κ2) is 8.37. The smallest absolute Gasteiger partial charge is 0.260 e. The molecule has 136 valence electrons. The van der Waals surface area contributed by atoms with Gasteiger partial charge in [0.25, 0.3) is 5.91 Å². The van der Waals surface area contributed by atoms with Crippen LogP contribution in [0.5, 0.6) is 5.75 Å². The molecule has 0 radical (unpaired) electrons. The minimum atomic E-state index is -0.00442. The van der Waals surface area contributed by atoms with E-state index in [1.165, 1.54) is 12.8 Å². The zero-order valence-electron chi connectivity index (χ0n) is 15.0. The number of ether oxygens (including phenoxy) is 1. The molecule has 25 heavy (non-hydrogen) atoms. The van der Waals surface area contributed by atoms with E-state index in [1.54, 1.807) is 0 Å². The number of carbonyl (C=O) groups excluding carboxylic acids is 2. The Morgan fingerprint density at radius 2 is 1.72 bits per heavy atom. The van der Waals surface area contributed by atoms with Gasteiger partial charge in [0, 0.05) is 25.0 Å². The van der Waals surface area contributed by atoms with Crippen LogP contribution in [0.25, 0.3) is 0 Å². The number of hydrogen-bond acceptors (Lipinski definition) is 3. The summed E-state index contributed by atoms with van der Waals surface area (Å²) in [5.41, 5.74) is 1.16. The zero-order valence-corrected chi connectivity index (χ0v) is 15.0. The lowest BCUT2D eigenvalue weighted by Gasteiger charge is -2.31. The largest absolute Gasteiger partial charge is 0.484 e. The fraction of sp³-hybridized carbons (Fsp3) is 0.600. The SMILES string of the molecule is Cc1ccc(OCC(=O)N2CCC(C(=O)NC3CCCC3)CC2)cc1. The second-order valence-corrected chi connectivity index (χ2v) is 7.25. The van der Waals surface area contributed by atoms with Crippen molar-refractivity contribution in [2.75, 3.05) is 19.7 Å². The highest BCUT2D eigenvalue weighted by Gasteiger charge is 2.29. The maximum absolute atomic E-state index is 12.3. The average Bonchev–Trinajstić information content (AvgIpc) is 3.14. The van der Waals surface area contributed by atoms with E-state index >= 15 is 0 Å². The summed E-state index contributed by atoms with van der Waals surface area (Å²) in [6.07, 6.45) is 6.15. The summed E-state index contributed by atoms with van der Waals surface area (Å²) < 4.78 is 5.57. The predicted molar refractivity (Wildman–Crippen MR) is 96.4 cm³/mol. The molecule has 0 spiro atoms. The third-order valence-electron chi connectivity index (χ3n) is 5.30. The molecule has 0 atom stereocenters. The Kier molecular flexibility index (Phi) is 5.95. The van der Waals surface area contributed by atoms with E-state index in [-0.39, 0.29) is 24.3 Å². The zero-order chi connectivity index (χ0) is 17.6. The van der Waals surface area contributed by atoms with Crippen molar-refractivity contribution >= 4 is 11.8 Å². The molecule has 1 heterocycles. The Hall–Kier alpha value is -2.04. The van der Waals surface area contributed by atoms with Crippen LogP contribution in [0.15, 0.2) is 24.3 Å². The molecule has 1 saturated heterocycles. The van der Waals surface area contributed by atoms with E-state index in [9.17, 15) is 9.59 Å². The Bertz CT molecular complexity index is 585. The molecule has 1 aliphatic carbocycles. The Morgan fingerprint density at radius 1 is 1.08 bits per heavy atom. The Morgan fingerprint density at radius 3 is 2.36 bits per heavy atom. The van der Waals surface area contributed by atoms with E-state index in [2.05, 4.69) is 5.32 Å². The van der Waals surface area contributed by atoms with Crippen molar-refractivity contribution in [1.82, 2.24) is 10.2 Å². The van der Waals surface area contributed by atoms with Gasteiger partial charge in [-0.3, -0.25) is 9.59 Å². The molecule has 1 saturated carbocycles. The fourth-order valence-electron chi connectivity index (χ4n) is 3.65. The van der Waals surface area contributed by atoms with Gasteiger partial charge in [0.2, 0.25) is 5.91 Å². The number of nitrogens with one attached hydrogen (secondary N) is 1. The number of benzene rings is 1. The number of nitrogens with zero attached hydrogens (tertiary/aromatic N) is 1. The van der Waals surface area contributed by atoms with Crippen LogP contribution < -0.4 is 10.1 Å². The van der Waals surface area contributed by atoms with Crippen LogP contribution in [0.2, 0.25) is 0 Å². The number of carbonyl (C=O) groups is 2. The summed E-state index contributed by atoms with van der Waals surface area (Å²) in [6.45, 7) is 3.35. The van der Waals surface area contributed by atoms with Crippen LogP contribution in [0.3, 0.4) is 0 Å². The number of aryl methyl sites for hydroxylation is 1. The fourth-order valence-corrected chi connectivity index (χ4v) is 3.65. The van der Waals surface area contributed by atoms with Crippen molar-refractivity contribution < 1.29 is 14.3 Å². The van der Waals surface area contributed by atoms with Crippen molar-refractivity contribution in [3.05, 3.63) is 29.8 Å². The van der Waals surface area contributed by atoms with Gasteiger partial charge in [0.05, 0.1) is 0 Å². The molecule has 2 aliphatic rings. The van der Waals surface area contributed by atoms with Gasteiger partial charge < -0.3 is 15.0 Å². The van der Waals surface area contributed by atoms with E-state index in [0.717, 1.165) is 31.2 Å².